The van der Waals surface area contributed by atoms with Crippen LogP contribution in [0.5, 0.6) is 0 Å². The van der Waals surface area contributed by atoms with Crippen molar-refractivity contribution < 1.29 is 9.59 Å². The Kier molecular flexibility index (Phi) is 7.33. The zero-order valence-corrected chi connectivity index (χ0v) is 21.1. The van der Waals surface area contributed by atoms with Gasteiger partial charge in [-0.25, -0.2) is 0 Å². The lowest BCUT2D eigenvalue weighted by atomic mass is 10.0. The van der Waals surface area contributed by atoms with Gasteiger partial charge < -0.3 is 15.5 Å². The fraction of sp³-hybridized carbons (Fsp3) is 0.379. The fourth-order valence-electron chi connectivity index (χ4n) is 5.40. The topological polar surface area (TPSA) is 101 Å². The number of hydrogen-bond acceptors (Lipinski definition) is 6. The van der Waals surface area contributed by atoms with E-state index in [-0.39, 0.29) is 23.9 Å². The second kappa shape index (κ2) is 11.0. The average Bonchev–Trinajstić information content (AvgIpc) is 3.58. The van der Waals surface area contributed by atoms with Gasteiger partial charge in [-0.05, 0) is 49.1 Å². The number of anilines is 1. The Morgan fingerprint density at radius 1 is 1.08 bits per heavy atom. The number of benzene rings is 2. The van der Waals surface area contributed by atoms with Crippen LogP contribution in [0.15, 0.2) is 54.6 Å². The standard InChI is InChI=1S/C29H32N6O2/c1-31-29(37)25-11-12-26(24-10-9-21(33-28(24)25)16-20-6-3-2-4-7-20)32-22-13-15-34(18-22)19-27(36)35-14-5-8-23(35)17-30/h2-4,6-7,9-12,22-23,32H,5,8,13-16,18-19H2,1H3,(H,31,37)/t22-,23-/m0/s1. The third-order valence-corrected chi connectivity index (χ3v) is 7.33. The molecule has 0 spiro atoms. The highest BCUT2D eigenvalue weighted by Gasteiger charge is 2.31. The number of nitrogens with zero attached hydrogens (tertiary/aromatic N) is 4. The van der Waals surface area contributed by atoms with Crippen molar-refractivity contribution in [3.63, 3.8) is 0 Å². The van der Waals surface area contributed by atoms with Crippen LogP contribution < -0.4 is 10.6 Å². The smallest absolute Gasteiger partial charge is 0.253 e. The number of fused-ring (bicyclic) bond motifs is 1. The number of carbonyl (C=O) groups excluding carboxylic acids is 2. The molecule has 2 aromatic carbocycles. The zero-order valence-electron chi connectivity index (χ0n) is 21.1. The molecule has 8 heteroatoms. The SMILES string of the molecule is CNC(=O)c1ccc(N[C@H]2CCN(CC(=O)N3CCC[C@H]3C#N)C2)c2ccc(Cc3ccccc3)nc12. The first kappa shape index (κ1) is 24.7. The Balaban J connectivity index is 1.32. The number of aromatic nitrogens is 1. The van der Waals surface area contributed by atoms with Gasteiger partial charge >= 0.3 is 0 Å². The molecule has 37 heavy (non-hydrogen) atoms. The second-order valence-electron chi connectivity index (χ2n) is 9.84. The highest BCUT2D eigenvalue weighted by molar-refractivity contribution is 6.08. The summed E-state index contributed by atoms with van der Waals surface area (Å²) in [6.07, 6.45) is 3.27. The van der Waals surface area contributed by atoms with Gasteiger partial charge in [-0.1, -0.05) is 30.3 Å². The van der Waals surface area contributed by atoms with Crippen LogP contribution in [0.3, 0.4) is 0 Å². The van der Waals surface area contributed by atoms with Gasteiger partial charge in [0.2, 0.25) is 5.91 Å². The number of nitrogens with one attached hydrogen (secondary N) is 2. The van der Waals surface area contributed by atoms with Crippen LogP contribution in [0.1, 0.15) is 40.9 Å². The van der Waals surface area contributed by atoms with Gasteiger partial charge in [-0.2, -0.15) is 5.26 Å². The number of rotatable bonds is 7. The van der Waals surface area contributed by atoms with Gasteiger partial charge in [0.15, 0.2) is 0 Å². The number of amides is 2. The molecule has 1 aromatic heterocycles. The summed E-state index contributed by atoms with van der Waals surface area (Å²) in [6.45, 7) is 2.59. The van der Waals surface area contributed by atoms with Gasteiger partial charge in [0.05, 0.1) is 23.7 Å². The van der Waals surface area contributed by atoms with Crippen molar-refractivity contribution in [1.82, 2.24) is 20.1 Å². The minimum atomic E-state index is -0.284. The van der Waals surface area contributed by atoms with Crippen molar-refractivity contribution in [3.8, 4) is 6.07 Å². The summed E-state index contributed by atoms with van der Waals surface area (Å²) in [4.78, 5) is 34.2. The number of nitriles is 1. The van der Waals surface area contributed by atoms with E-state index in [4.69, 9.17) is 4.98 Å². The maximum Gasteiger partial charge on any atom is 0.253 e. The first-order chi connectivity index (χ1) is 18.1. The maximum atomic E-state index is 12.8. The Morgan fingerprint density at radius 3 is 2.70 bits per heavy atom. The molecule has 2 aliphatic rings. The van der Waals surface area contributed by atoms with Crippen LogP contribution in [-0.4, -0.2) is 71.9 Å². The molecule has 190 valence electrons. The molecule has 2 amide bonds. The molecule has 0 radical (unpaired) electrons. The lowest BCUT2D eigenvalue weighted by Gasteiger charge is -2.23. The van der Waals surface area contributed by atoms with Gasteiger partial charge in [-0.3, -0.25) is 19.5 Å². The average molecular weight is 497 g/mol. The lowest BCUT2D eigenvalue weighted by Crippen LogP contribution is -2.42. The summed E-state index contributed by atoms with van der Waals surface area (Å²) in [5, 5.41) is 16.6. The third kappa shape index (κ3) is 5.42. The van der Waals surface area contributed by atoms with E-state index in [0.717, 1.165) is 49.1 Å². The summed E-state index contributed by atoms with van der Waals surface area (Å²) < 4.78 is 0. The first-order valence-corrected chi connectivity index (χ1v) is 12.9. The summed E-state index contributed by atoms with van der Waals surface area (Å²) >= 11 is 0. The van der Waals surface area contributed by atoms with E-state index in [9.17, 15) is 14.9 Å². The second-order valence-corrected chi connectivity index (χ2v) is 9.84. The molecular weight excluding hydrogens is 464 g/mol. The molecule has 2 aliphatic heterocycles. The largest absolute Gasteiger partial charge is 0.380 e. The monoisotopic (exact) mass is 496 g/mol. The molecule has 3 heterocycles. The van der Waals surface area contributed by atoms with E-state index in [1.54, 1.807) is 11.9 Å². The third-order valence-electron chi connectivity index (χ3n) is 7.33. The van der Waals surface area contributed by atoms with Gasteiger partial charge in [0, 0.05) is 55.9 Å². The number of carbonyl (C=O) groups is 2. The van der Waals surface area contributed by atoms with Gasteiger partial charge in [0.1, 0.15) is 6.04 Å². The normalized spacial score (nSPS) is 19.6. The molecule has 8 nitrogen and oxygen atoms in total. The van der Waals surface area contributed by atoms with Crippen LogP contribution in [0.2, 0.25) is 0 Å². The van der Waals surface area contributed by atoms with Crippen LogP contribution in [-0.2, 0) is 11.2 Å². The predicted octanol–water partition coefficient (Wildman–Crippen LogP) is 3.19. The van der Waals surface area contributed by atoms with E-state index in [1.807, 2.05) is 42.5 Å². The minimum absolute atomic E-state index is 0.0419. The van der Waals surface area contributed by atoms with Crippen molar-refractivity contribution in [2.75, 3.05) is 38.5 Å². The molecular formula is C29H32N6O2. The predicted molar refractivity (Wildman–Crippen MR) is 143 cm³/mol. The van der Waals surface area contributed by atoms with Gasteiger partial charge in [-0.15, -0.1) is 0 Å². The van der Waals surface area contributed by atoms with E-state index in [2.05, 4.69) is 33.7 Å². The van der Waals surface area contributed by atoms with Crippen molar-refractivity contribution in [1.29, 1.82) is 5.26 Å². The Bertz CT molecular complexity index is 1340. The number of likely N-dealkylation sites (tertiary alicyclic amines) is 2. The Morgan fingerprint density at radius 2 is 1.92 bits per heavy atom. The van der Waals surface area contributed by atoms with Crippen LogP contribution in [0.25, 0.3) is 10.9 Å². The van der Waals surface area contributed by atoms with Crippen LogP contribution in [0.4, 0.5) is 5.69 Å². The maximum absolute atomic E-state index is 12.8. The van der Waals surface area contributed by atoms with Crippen LogP contribution in [0, 0.1) is 11.3 Å². The van der Waals surface area contributed by atoms with Crippen LogP contribution >= 0.6 is 0 Å². The summed E-state index contributed by atoms with van der Waals surface area (Å²) in [5.74, 6) is -0.121. The fourth-order valence-corrected chi connectivity index (χ4v) is 5.40. The molecule has 0 aliphatic carbocycles. The van der Waals surface area contributed by atoms with E-state index in [0.29, 0.717) is 30.6 Å². The molecule has 5 rings (SSSR count). The molecule has 0 bridgehead atoms. The van der Waals surface area contributed by atoms with E-state index >= 15 is 0 Å². The molecule has 0 unspecified atom stereocenters. The number of pyridine rings is 1. The quantitative estimate of drug-likeness (QED) is 0.521. The molecule has 0 saturated carbocycles. The Labute approximate surface area is 217 Å². The van der Waals surface area contributed by atoms with E-state index < -0.39 is 0 Å². The summed E-state index contributed by atoms with van der Waals surface area (Å²) in [6, 6.07) is 20.2. The van der Waals surface area contributed by atoms with Crippen molar-refractivity contribution in [3.05, 3.63) is 71.4 Å². The van der Waals surface area contributed by atoms with Crippen molar-refractivity contribution in [2.24, 2.45) is 0 Å². The van der Waals surface area contributed by atoms with Gasteiger partial charge in [0.25, 0.3) is 5.91 Å². The van der Waals surface area contributed by atoms with Crippen molar-refractivity contribution in [2.45, 2.75) is 37.8 Å². The summed E-state index contributed by atoms with van der Waals surface area (Å²) in [5.41, 5.74) is 4.24. The summed E-state index contributed by atoms with van der Waals surface area (Å²) in [7, 11) is 1.63. The zero-order chi connectivity index (χ0) is 25.8. The lowest BCUT2D eigenvalue weighted by molar-refractivity contribution is -0.132. The van der Waals surface area contributed by atoms with E-state index in [1.165, 1.54) is 5.56 Å². The molecule has 2 atom stereocenters. The molecule has 2 saturated heterocycles. The minimum Gasteiger partial charge on any atom is -0.380 e. The molecule has 2 N–H and O–H groups in total. The number of hydrogen-bond donors (Lipinski definition) is 2. The highest BCUT2D eigenvalue weighted by Crippen LogP contribution is 2.28. The Hall–Kier alpha value is -3.96. The molecule has 3 aromatic rings. The molecule has 2 fully saturated rings. The first-order valence-electron chi connectivity index (χ1n) is 12.9. The highest BCUT2D eigenvalue weighted by atomic mass is 16.2. The van der Waals surface area contributed by atoms with Crippen molar-refractivity contribution >= 4 is 28.4 Å².